The van der Waals surface area contributed by atoms with Crippen molar-refractivity contribution in [3.05, 3.63) is 0 Å². The molecule has 1 aliphatic rings. The van der Waals surface area contributed by atoms with Crippen LogP contribution < -0.4 is 0 Å². The van der Waals surface area contributed by atoms with Crippen LogP contribution in [-0.4, -0.2) is 59.8 Å². The molecule has 1 rings (SSSR count). The molecule has 2 atom stereocenters. The Kier molecular flexibility index (Phi) is 7.87. The van der Waals surface area contributed by atoms with E-state index in [-0.39, 0.29) is 6.10 Å². The Balaban J connectivity index is 2.32. The number of hydrogen-bond donors (Lipinski definition) is 1. The van der Waals surface area contributed by atoms with Crippen LogP contribution >= 0.6 is 0 Å². The van der Waals surface area contributed by atoms with Crippen LogP contribution in [0.25, 0.3) is 0 Å². The molecular formula is C15H32N2O. The number of nitrogens with zero attached hydrogens (tertiary/aromatic N) is 2. The third-order valence-corrected chi connectivity index (χ3v) is 4.38. The quantitative estimate of drug-likeness (QED) is 0.722. The third kappa shape index (κ3) is 4.87. The van der Waals surface area contributed by atoms with Crippen LogP contribution in [0.4, 0.5) is 0 Å². The van der Waals surface area contributed by atoms with Crippen LogP contribution in [-0.2, 0) is 0 Å². The fraction of sp³-hybridized carbons (Fsp3) is 1.00. The van der Waals surface area contributed by atoms with E-state index in [4.69, 9.17) is 0 Å². The molecule has 0 spiro atoms. The van der Waals surface area contributed by atoms with Crippen LogP contribution in [0.1, 0.15) is 52.9 Å². The molecule has 0 radical (unpaired) electrons. The average Bonchev–Trinajstić information content (AvgIpc) is 2.40. The number of aliphatic hydroxyl groups is 1. The highest BCUT2D eigenvalue weighted by molar-refractivity contribution is 4.82. The molecule has 18 heavy (non-hydrogen) atoms. The SMILES string of the molecule is CCN(CC)CCCN(CC)C1CCCCC1O. The first-order chi connectivity index (χ1) is 8.72. The summed E-state index contributed by atoms with van der Waals surface area (Å²) in [6.07, 6.45) is 5.80. The lowest BCUT2D eigenvalue weighted by Gasteiger charge is -2.37. The van der Waals surface area contributed by atoms with Gasteiger partial charge in [0.1, 0.15) is 0 Å². The van der Waals surface area contributed by atoms with Gasteiger partial charge in [0, 0.05) is 6.04 Å². The van der Waals surface area contributed by atoms with Crippen molar-refractivity contribution >= 4 is 0 Å². The molecular weight excluding hydrogens is 224 g/mol. The molecule has 0 aromatic carbocycles. The normalized spacial score (nSPS) is 25.0. The Bertz CT molecular complexity index is 207. The second kappa shape index (κ2) is 8.89. The van der Waals surface area contributed by atoms with Gasteiger partial charge in [0.05, 0.1) is 6.10 Å². The van der Waals surface area contributed by atoms with Crippen LogP contribution in [0, 0.1) is 0 Å². The second-order valence-corrected chi connectivity index (χ2v) is 5.43. The average molecular weight is 256 g/mol. The highest BCUT2D eigenvalue weighted by atomic mass is 16.3. The van der Waals surface area contributed by atoms with Crippen LogP contribution in [0.15, 0.2) is 0 Å². The molecule has 1 saturated carbocycles. The molecule has 3 heteroatoms. The molecule has 1 N–H and O–H groups in total. The van der Waals surface area contributed by atoms with E-state index in [1.807, 2.05) is 0 Å². The molecule has 1 fully saturated rings. The number of rotatable bonds is 8. The van der Waals surface area contributed by atoms with Gasteiger partial charge in [0.2, 0.25) is 0 Å². The van der Waals surface area contributed by atoms with E-state index >= 15 is 0 Å². The predicted molar refractivity (Wildman–Crippen MR) is 77.9 cm³/mol. The predicted octanol–water partition coefficient (Wildman–Crippen LogP) is 2.34. The van der Waals surface area contributed by atoms with Gasteiger partial charge in [-0.25, -0.2) is 0 Å². The molecule has 1 aliphatic carbocycles. The van der Waals surface area contributed by atoms with Crippen molar-refractivity contribution in [3.63, 3.8) is 0 Å². The summed E-state index contributed by atoms with van der Waals surface area (Å²) in [6.45, 7) is 12.4. The lowest BCUT2D eigenvalue weighted by Crippen LogP contribution is -2.46. The first-order valence-electron chi connectivity index (χ1n) is 7.87. The molecule has 0 aromatic rings. The maximum Gasteiger partial charge on any atom is 0.0695 e. The van der Waals surface area contributed by atoms with Crippen molar-refractivity contribution < 1.29 is 5.11 Å². The topological polar surface area (TPSA) is 26.7 Å². The van der Waals surface area contributed by atoms with Gasteiger partial charge < -0.3 is 10.0 Å². The zero-order valence-electron chi connectivity index (χ0n) is 12.6. The minimum absolute atomic E-state index is 0.0906. The molecule has 0 bridgehead atoms. The third-order valence-electron chi connectivity index (χ3n) is 4.38. The maximum atomic E-state index is 10.1. The van der Waals surface area contributed by atoms with Gasteiger partial charge in [0.15, 0.2) is 0 Å². The molecule has 0 aliphatic heterocycles. The van der Waals surface area contributed by atoms with Gasteiger partial charge in [-0.2, -0.15) is 0 Å². The summed E-state index contributed by atoms with van der Waals surface area (Å²) in [5.41, 5.74) is 0. The summed E-state index contributed by atoms with van der Waals surface area (Å²) in [5, 5.41) is 10.1. The van der Waals surface area contributed by atoms with Crippen molar-refractivity contribution in [2.45, 2.75) is 65.0 Å². The Morgan fingerprint density at radius 1 is 0.944 bits per heavy atom. The lowest BCUT2D eigenvalue weighted by molar-refractivity contribution is 0.0206. The molecule has 0 heterocycles. The van der Waals surface area contributed by atoms with Gasteiger partial charge in [-0.3, -0.25) is 4.90 Å². The summed E-state index contributed by atoms with van der Waals surface area (Å²) < 4.78 is 0. The van der Waals surface area contributed by atoms with E-state index in [0.717, 1.165) is 32.6 Å². The largest absolute Gasteiger partial charge is 0.391 e. The number of likely N-dealkylation sites (N-methyl/N-ethyl adjacent to an activating group) is 1. The molecule has 0 aromatic heterocycles. The van der Waals surface area contributed by atoms with Gasteiger partial charge in [-0.05, 0) is 52.0 Å². The standard InChI is InChI=1S/C15H32N2O/c1-4-16(5-2)12-9-13-17(6-3)14-10-7-8-11-15(14)18/h14-15,18H,4-13H2,1-3H3. The smallest absolute Gasteiger partial charge is 0.0695 e. The summed E-state index contributed by atoms with van der Waals surface area (Å²) in [6, 6.07) is 0.417. The van der Waals surface area contributed by atoms with E-state index < -0.39 is 0 Å². The number of aliphatic hydroxyl groups excluding tert-OH is 1. The first kappa shape index (κ1) is 15.9. The van der Waals surface area contributed by atoms with Crippen molar-refractivity contribution in [1.82, 2.24) is 9.80 Å². The minimum Gasteiger partial charge on any atom is -0.391 e. The highest BCUT2D eigenvalue weighted by Gasteiger charge is 2.27. The van der Waals surface area contributed by atoms with Crippen LogP contribution in [0.5, 0.6) is 0 Å². The minimum atomic E-state index is -0.0906. The zero-order valence-corrected chi connectivity index (χ0v) is 12.6. The fourth-order valence-electron chi connectivity index (χ4n) is 3.11. The Morgan fingerprint density at radius 3 is 2.17 bits per heavy atom. The number of hydrogen-bond acceptors (Lipinski definition) is 3. The van der Waals surface area contributed by atoms with E-state index in [9.17, 15) is 5.11 Å². The van der Waals surface area contributed by atoms with Crippen molar-refractivity contribution in [2.24, 2.45) is 0 Å². The van der Waals surface area contributed by atoms with Crippen molar-refractivity contribution in [1.29, 1.82) is 0 Å². The molecule has 108 valence electrons. The first-order valence-corrected chi connectivity index (χ1v) is 7.87. The monoisotopic (exact) mass is 256 g/mol. The van der Waals surface area contributed by atoms with E-state index in [2.05, 4.69) is 30.6 Å². The van der Waals surface area contributed by atoms with E-state index in [1.54, 1.807) is 0 Å². The Morgan fingerprint density at radius 2 is 1.61 bits per heavy atom. The van der Waals surface area contributed by atoms with Gasteiger partial charge in [0.25, 0.3) is 0 Å². The summed E-state index contributed by atoms with van der Waals surface area (Å²) in [4.78, 5) is 4.97. The molecule has 3 nitrogen and oxygen atoms in total. The molecule has 2 unspecified atom stereocenters. The summed E-state index contributed by atoms with van der Waals surface area (Å²) >= 11 is 0. The zero-order chi connectivity index (χ0) is 13.4. The maximum absolute atomic E-state index is 10.1. The van der Waals surface area contributed by atoms with Crippen LogP contribution in [0.2, 0.25) is 0 Å². The van der Waals surface area contributed by atoms with Crippen molar-refractivity contribution in [3.8, 4) is 0 Å². The van der Waals surface area contributed by atoms with E-state index in [0.29, 0.717) is 6.04 Å². The summed E-state index contributed by atoms with van der Waals surface area (Å²) in [5.74, 6) is 0. The van der Waals surface area contributed by atoms with Crippen molar-refractivity contribution in [2.75, 3.05) is 32.7 Å². The van der Waals surface area contributed by atoms with E-state index in [1.165, 1.54) is 32.2 Å². The summed E-state index contributed by atoms with van der Waals surface area (Å²) in [7, 11) is 0. The fourth-order valence-corrected chi connectivity index (χ4v) is 3.11. The lowest BCUT2D eigenvalue weighted by atomic mass is 9.91. The van der Waals surface area contributed by atoms with Gasteiger partial charge in [-0.1, -0.05) is 33.6 Å². The Labute approximate surface area is 113 Å². The second-order valence-electron chi connectivity index (χ2n) is 5.43. The molecule has 0 amide bonds. The van der Waals surface area contributed by atoms with Gasteiger partial charge in [-0.15, -0.1) is 0 Å². The van der Waals surface area contributed by atoms with Gasteiger partial charge >= 0.3 is 0 Å². The van der Waals surface area contributed by atoms with Crippen LogP contribution in [0.3, 0.4) is 0 Å². The molecule has 0 saturated heterocycles. The highest BCUT2D eigenvalue weighted by Crippen LogP contribution is 2.23. The Hall–Kier alpha value is -0.120.